The highest BCUT2D eigenvalue weighted by Gasteiger charge is 2.23. The highest BCUT2D eigenvalue weighted by molar-refractivity contribution is 8.00. The van der Waals surface area contributed by atoms with Crippen LogP contribution in [0.5, 0.6) is 0 Å². The molecule has 0 radical (unpaired) electrons. The van der Waals surface area contributed by atoms with Crippen LogP contribution in [0.4, 0.5) is 10.1 Å². The predicted molar refractivity (Wildman–Crippen MR) is 127 cm³/mol. The Labute approximate surface area is 198 Å². The zero-order chi connectivity index (χ0) is 23.4. The largest absolute Gasteiger partial charge is 0.325 e. The number of amides is 1. The SMILES string of the molecule is CC[C@H](Sc1nc2nccnc2c(=O)n1Cc1ccccc1Cl)C(=O)Nc1ccc(F)cc1. The van der Waals surface area contributed by atoms with Gasteiger partial charge >= 0.3 is 0 Å². The van der Waals surface area contributed by atoms with Crippen LogP contribution in [-0.2, 0) is 11.3 Å². The van der Waals surface area contributed by atoms with Crippen LogP contribution in [0.3, 0.4) is 0 Å². The zero-order valence-corrected chi connectivity index (χ0v) is 19.1. The fraction of sp³-hybridized carbons (Fsp3) is 0.174. The Hall–Kier alpha value is -3.30. The molecule has 0 aliphatic rings. The van der Waals surface area contributed by atoms with Crippen LogP contribution in [0.25, 0.3) is 11.2 Å². The van der Waals surface area contributed by atoms with Crippen LogP contribution in [0.2, 0.25) is 5.02 Å². The summed E-state index contributed by atoms with van der Waals surface area (Å²) in [6.45, 7) is 2.02. The molecule has 33 heavy (non-hydrogen) atoms. The van der Waals surface area contributed by atoms with Gasteiger partial charge in [0.25, 0.3) is 5.56 Å². The number of rotatable bonds is 7. The van der Waals surface area contributed by atoms with E-state index in [1.54, 1.807) is 12.1 Å². The minimum Gasteiger partial charge on any atom is -0.325 e. The molecule has 0 bridgehead atoms. The van der Waals surface area contributed by atoms with Gasteiger partial charge in [-0.15, -0.1) is 0 Å². The first-order valence-electron chi connectivity index (χ1n) is 10.1. The summed E-state index contributed by atoms with van der Waals surface area (Å²) in [4.78, 5) is 39.0. The van der Waals surface area contributed by atoms with Gasteiger partial charge in [0.1, 0.15) is 5.82 Å². The molecule has 0 saturated heterocycles. The molecule has 1 atom stereocenters. The highest BCUT2D eigenvalue weighted by atomic mass is 35.5. The van der Waals surface area contributed by atoms with Crippen molar-refractivity contribution in [2.45, 2.75) is 30.3 Å². The first kappa shape index (κ1) is 22.9. The zero-order valence-electron chi connectivity index (χ0n) is 17.5. The number of hydrogen-bond acceptors (Lipinski definition) is 6. The van der Waals surface area contributed by atoms with Crippen molar-refractivity contribution in [1.29, 1.82) is 0 Å². The molecule has 168 valence electrons. The lowest BCUT2D eigenvalue weighted by Gasteiger charge is -2.18. The number of thioether (sulfide) groups is 1. The number of aromatic nitrogens is 4. The van der Waals surface area contributed by atoms with E-state index in [1.165, 1.54) is 41.2 Å². The molecule has 0 unspecified atom stereocenters. The number of hydrogen-bond donors (Lipinski definition) is 1. The average Bonchev–Trinajstić information content (AvgIpc) is 2.82. The number of nitrogens with zero attached hydrogens (tertiary/aromatic N) is 4. The standard InChI is InChI=1S/C23H19ClFN5O2S/c1-2-18(21(31)28-16-9-7-15(25)8-10-16)33-23-29-20-19(26-11-12-27-20)22(32)30(23)13-14-5-3-4-6-17(14)24/h3-12,18H,2,13H2,1H3,(H,28,31)/t18-/m0/s1. The van der Waals surface area contributed by atoms with Gasteiger partial charge in [0.2, 0.25) is 5.91 Å². The summed E-state index contributed by atoms with van der Waals surface area (Å²) in [7, 11) is 0. The van der Waals surface area contributed by atoms with Crippen molar-refractivity contribution in [2.75, 3.05) is 5.32 Å². The van der Waals surface area contributed by atoms with Crippen LogP contribution in [0, 0.1) is 5.82 Å². The second kappa shape index (κ2) is 10.1. The Kier molecular flexibility index (Phi) is 7.00. The summed E-state index contributed by atoms with van der Waals surface area (Å²) in [5.41, 5.74) is 1.18. The molecule has 1 amide bonds. The number of anilines is 1. The van der Waals surface area contributed by atoms with Gasteiger partial charge in [0, 0.05) is 23.1 Å². The molecule has 4 rings (SSSR count). The van der Waals surface area contributed by atoms with E-state index < -0.39 is 5.25 Å². The topological polar surface area (TPSA) is 89.8 Å². The van der Waals surface area contributed by atoms with Gasteiger partial charge in [0.05, 0.1) is 11.8 Å². The molecule has 0 aliphatic heterocycles. The molecular weight excluding hydrogens is 465 g/mol. The Balaban J connectivity index is 1.70. The van der Waals surface area contributed by atoms with Crippen LogP contribution in [-0.4, -0.2) is 30.7 Å². The minimum absolute atomic E-state index is 0.137. The van der Waals surface area contributed by atoms with Crippen molar-refractivity contribution in [3.05, 3.63) is 87.7 Å². The van der Waals surface area contributed by atoms with Crippen molar-refractivity contribution in [2.24, 2.45) is 0 Å². The van der Waals surface area contributed by atoms with Gasteiger partial charge in [-0.25, -0.2) is 19.3 Å². The molecule has 0 spiro atoms. The van der Waals surface area contributed by atoms with Crippen molar-refractivity contribution in [3.63, 3.8) is 0 Å². The molecule has 0 saturated carbocycles. The van der Waals surface area contributed by atoms with E-state index in [0.717, 1.165) is 17.3 Å². The Morgan fingerprint density at radius 2 is 1.88 bits per heavy atom. The number of nitrogens with one attached hydrogen (secondary N) is 1. The molecule has 10 heteroatoms. The van der Waals surface area contributed by atoms with Gasteiger partial charge < -0.3 is 5.32 Å². The monoisotopic (exact) mass is 483 g/mol. The van der Waals surface area contributed by atoms with Crippen molar-refractivity contribution >= 4 is 46.1 Å². The summed E-state index contributed by atoms with van der Waals surface area (Å²) < 4.78 is 14.6. The van der Waals surface area contributed by atoms with E-state index in [9.17, 15) is 14.0 Å². The lowest BCUT2D eigenvalue weighted by Crippen LogP contribution is -2.29. The van der Waals surface area contributed by atoms with Crippen LogP contribution < -0.4 is 10.9 Å². The van der Waals surface area contributed by atoms with Crippen LogP contribution in [0.15, 0.2) is 70.9 Å². The van der Waals surface area contributed by atoms with Gasteiger partial charge in [-0.2, -0.15) is 0 Å². The highest BCUT2D eigenvalue weighted by Crippen LogP contribution is 2.27. The molecule has 0 fully saturated rings. The third-order valence-electron chi connectivity index (χ3n) is 4.87. The van der Waals surface area contributed by atoms with Crippen molar-refractivity contribution < 1.29 is 9.18 Å². The van der Waals surface area contributed by atoms with E-state index in [1.807, 2.05) is 19.1 Å². The van der Waals surface area contributed by atoms with Gasteiger partial charge in [-0.05, 0) is 42.3 Å². The Bertz CT molecular complexity index is 1360. The molecule has 1 N–H and O–H groups in total. The maximum atomic E-state index is 13.3. The molecule has 2 heterocycles. The third kappa shape index (κ3) is 5.20. The minimum atomic E-state index is -0.562. The predicted octanol–water partition coefficient (Wildman–Crippen LogP) is 4.54. The molecular formula is C23H19ClFN5O2S. The molecule has 2 aromatic carbocycles. The van der Waals surface area contributed by atoms with E-state index in [-0.39, 0.29) is 35.0 Å². The number of carbonyl (C=O) groups excluding carboxylic acids is 1. The first-order valence-corrected chi connectivity index (χ1v) is 11.4. The smallest absolute Gasteiger partial charge is 0.282 e. The quantitative estimate of drug-likeness (QED) is 0.306. The third-order valence-corrected chi connectivity index (χ3v) is 6.59. The first-order chi connectivity index (χ1) is 16.0. The van der Waals surface area contributed by atoms with E-state index in [0.29, 0.717) is 22.3 Å². The molecule has 0 aliphatic carbocycles. The summed E-state index contributed by atoms with van der Waals surface area (Å²) in [6.07, 6.45) is 3.36. The molecule has 2 aromatic heterocycles. The summed E-state index contributed by atoms with van der Waals surface area (Å²) in [5, 5.41) is 3.06. The fourth-order valence-electron chi connectivity index (χ4n) is 3.16. The second-order valence-corrected chi connectivity index (χ2v) is 8.69. The summed E-state index contributed by atoms with van der Waals surface area (Å²) >= 11 is 7.48. The Morgan fingerprint density at radius 1 is 1.15 bits per heavy atom. The van der Waals surface area contributed by atoms with Gasteiger partial charge in [-0.3, -0.25) is 14.2 Å². The maximum Gasteiger partial charge on any atom is 0.282 e. The Morgan fingerprint density at radius 3 is 2.61 bits per heavy atom. The maximum absolute atomic E-state index is 13.3. The van der Waals surface area contributed by atoms with Crippen LogP contribution >= 0.6 is 23.4 Å². The molecule has 7 nitrogen and oxygen atoms in total. The average molecular weight is 484 g/mol. The van der Waals surface area contributed by atoms with Crippen molar-refractivity contribution in [1.82, 2.24) is 19.5 Å². The lowest BCUT2D eigenvalue weighted by molar-refractivity contribution is -0.115. The molecule has 4 aromatic rings. The summed E-state index contributed by atoms with van der Waals surface area (Å²) in [6, 6.07) is 12.7. The number of halogens is 2. The second-order valence-electron chi connectivity index (χ2n) is 7.12. The van der Waals surface area contributed by atoms with E-state index in [2.05, 4.69) is 20.3 Å². The van der Waals surface area contributed by atoms with Crippen LogP contribution in [0.1, 0.15) is 18.9 Å². The number of carbonyl (C=O) groups is 1. The lowest BCUT2D eigenvalue weighted by atomic mass is 10.2. The van der Waals surface area contributed by atoms with Crippen molar-refractivity contribution in [3.8, 4) is 0 Å². The van der Waals surface area contributed by atoms with Gasteiger partial charge in [-0.1, -0.05) is 48.5 Å². The van der Waals surface area contributed by atoms with E-state index >= 15 is 0 Å². The van der Waals surface area contributed by atoms with E-state index in [4.69, 9.17) is 11.6 Å². The normalized spacial score (nSPS) is 12.0. The number of benzene rings is 2. The fourth-order valence-corrected chi connectivity index (χ4v) is 4.36. The number of fused-ring (bicyclic) bond motifs is 1. The summed E-state index contributed by atoms with van der Waals surface area (Å²) in [5.74, 6) is -0.675. The van der Waals surface area contributed by atoms with Gasteiger partial charge in [0.15, 0.2) is 16.3 Å².